The highest BCUT2D eigenvalue weighted by atomic mass is 16.2. The molecule has 2 heterocycles. The molecular formula is C13H23N5O. The van der Waals surface area contributed by atoms with Crippen LogP contribution in [-0.2, 0) is 11.3 Å². The predicted octanol–water partition coefficient (Wildman–Crippen LogP) is 0.612. The van der Waals surface area contributed by atoms with Crippen LogP contribution in [0.2, 0.25) is 0 Å². The molecule has 106 valence electrons. The van der Waals surface area contributed by atoms with Crippen LogP contribution in [0, 0.1) is 0 Å². The third-order valence-corrected chi connectivity index (χ3v) is 3.64. The van der Waals surface area contributed by atoms with Gasteiger partial charge in [0.1, 0.15) is 0 Å². The van der Waals surface area contributed by atoms with Gasteiger partial charge in [0.15, 0.2) is 0 Å². The summed E-state index contributed by atoms with van der Waals surface area (Å²) in [4.78, 5) is 13.7. The molecule has 6 heteroatoms. The largest absolute Gasteiger partial charge is 0.347 e. The molecule has 1 aliphatic rings. The van der Waals surface area contributed by atoms with E-state index in [0.29, 0.717) is 5.92 Å². The molecule has 6 nitrogen and oxygen atoms in total. The molecule has 0 saturated carbocycles. The smallest absolute Gasteiger partial charge is 0.239 e. The summed E-state index contributed by atoms with van der Waals surface area (Å²) in [6, 6.07) is -0.0845. The lowest BCUT2D eigenvalue weighted by molar-refractivity contribution is -0.131. The van der Waals surface area contributed by atoms with Crippen molar-refractivity contribution in [2.45, 2.75) is 44.7 Å². The summed E-state index contributed by atoms with van der Waals surface area (Å²) in [5.41, 5.74) is 1.17. The molecule has 1 aromatic heterocycles. The topological polar surface area (TPSA) is 63.1 Å². The van der Waals surface area contributed by atoms with E-state index in [9.17, 15) is 4.79 Å². The fraction of sp³-hybridized carbons (Fsp3) is 0.769. The van der Waals surface area contributed by atoms with Crippen LogP contribution >= 0.6 is 0 Å². The number of hydrogen-bond acceptors (Lipinski definition) is 4. The van der Waals surface area contributed by atoms with E-state index in [0.717, 1.165) is 32.4 Å². The molecule has 19 heavy (non-hydrogen) atoms. The molecule has 0 bridgehead atoms. The normalized spacial score (nSPS) is 23.3. The molecule has 2 atom stereocenters. The fourth-order valence-corrected chi connectivity index (χ4v) is 2.65. The van der Waals surface area contributed by atoms with E-state index in [1.807, 2.05) is 10.9 Å². The first-order chi connectivity index (χ1) is 9.13. The van der Waals surface area contributed by atoms with E-state index in [2.05, 4.69) is 22.6 Å². The molecule has 2 unspecified atom stereocenters. The van der Waals surface area contributed by atoms with Crippen molar-refractivity contribution in [3.8, 4) is 0 Å². The van der Waals surface area contributed by atoms with Crippen LogP contribution < -0.4 is 5.32 Å². The number of aromatic nitrogens is 3. The highest BCUT2D eigenvalue weighted by Gasteiger charge is 2.30. The Kier molecular flexibility index (Phi) is 4.52. The Hall–Kier alpha value is -1.43. The van der Waals surface area contributed by atoms with Gasteiger partial charge in [-0.2, -0.15) is 0 Å². The average Bonchev–Trinajstić information content (AvgIpc) is 2.86. The van der Waals surface area contributed by atoms with Gasteiger partial charge < -0.3 is 10.2 Å². The maximum atomic E-state index is 12.0. The first-order valence-corrected chi connectivity index (χ1v) is 6.96. The number of carbonyl (C=O) groups excluding carboxylic acids is 1. The molecule has 0 aliphatic carbocycles. The summed E-state index contributed by atoms with van der Waals surface area (Å²) < 4.78 is 1.98. The average molecular weight is 265 g/mol. The molecule has 0 radical (unpaired) electrons. The number of likely N-dealkylation sites (N-methyl/N-ethyl adjacent to an activating group) is 1. The summed E-state index contributed by atoms with van der Waals surface area (Å²) in [6.45, 7) is 3.89. The van der Waals surface area contributed by atoms with Crippen molar-refractivity contribution in [2.75, 3.05) is 20.6 Å². The summed E-state index contributed by atoms with van der Waals surface area (Å²) in [6.07, 6.45) is 4.76. The molecule has 2 rings (SSSR count). The third kappa shape index (κ3) is 3.12. The second kappa shape index (κ2) is 6.14. The molecular weight excluding hydrogens is 242 g/mol. The minimum Gasteiger partial charge on any atom is -0.347 e. The van der Waals surface area contributed by atoms with Gasteiger partial charge in [-0.25, -0.2) is 4.68 Å². The number of nitrogens with one attached hydrogen (secondary N) is 1. The highest BCUT2D eigenvalue weighted by Crippen LogP contribution is 2.27. The van der Waals surface area contributed by atoms with Crippen molar-refractivity contribution >= 4 is 5.91 Å². The van der Waals surface area contributed by atoms with Gasteiger partial charge in [-0.1, -0.05) is 12.1 Å². The van der Waals surface area contributed by atoms with Crippen LogP contribution in [0.25, 0.3) is 0 Å². The number of hydrogen-bond donors (Lipinski definition) is 1. The van der Waals surface area contributed by atoms with E-state index in [1.165, 1.54) is 5.69 Å². The van der Waals surface area contributed by atoms with Gasteiger partial charge in [-0.15, -0.1) is 5.10 Å². The van der Waals surface area contributed by atoms with Crippen LogP contribution in [0.5, 0.6) is 0 Å². The van der Waals surface area contributed by atoms with Crippen LogP contribution in [-0.4, -0.2) is 52.5 Å². The molecule has 1 fully saturated rings. The van der Waals surface area contributed by atoms with Gasteiger partial charge in [0, 0.05) is 26.6 Å². The van der Waals surface area contributed by atoms with Crippen molar-refractivity contribution in [1.82, 2.24) is 25.2 Å². The summed E-state index contributed by atoms with van der Waals surface area (Å²) in [5, 5.41) is 11.5. The zero-order valence-corrected chi connectivity index (χ0v) is 12.0. The number of carbonyl (C=O) groups is 1. The van der Waals surface area contributed by atoms with Gasteiger partial charge in [0.2, 0.25) is 5.91 Å². The van der Waals surface area contributed by atoms with Gasteiger partial charge in [-0.05, 0) is 25.8 Å². The molecule has 1 aliphatic heterocycles. The van der Waals surface area contributed by atoms with Crippen molar-refractivity contribution in [3.63, 3.8) is 0 Å². The number of rotatable bonds is 4. The first kappa shape index (κ1) is 14.0. The number of amides is 1. The van der Waals surface area contributed by atoms with Gasteiger partial charge in [-0.3, -0.25) is 4.79 Å². The Balaban J connectivity index is 2.08. The summed E-state index contributed by atoms with van der Waals surface area (Å²) in [5.74, 6) is 0.524. The van der Waals surface area contributed by atoms with Crippen LogP contribution in [0.15, 0.2) is 6.20 Å². The SMILES string of the molecule is CCCn1nncc1C1CCNC(C(=O)N(C)C)C1. The van der Waals surface area contributed by atoms with Crippen molar-refractivity contribution < 1.29 is 4.79 Å². The zero-order valence-electron chi connectivity index (χ0n) is 12.0. The Bertz CT molecular complexity index is 428. The predicted molar refractivity (Wildman–Crippen MR) is 72.8 cm³/mol. The number of nitrogens with zero attached hydrogens (tertiary/aromatic N) is 4. The van der Waals surface area contributed by atoms with Crippen LogP contribution in [0.1, 0.15) is 37.8 Å². The Labute approximate surface area is 114 Å². The number of aryl methyl sites for hydroxylation is 1. The highest BCUT2D eigenvalue weighted by molar-refractivity contribution is 5.81. The Morgan fingerprint density at radius 1 is 1.58 bits per heavy atom. The first-order valence-electron chi connectivity index (χ1n) is 6.96. The van der Waals surface area contributed by atoms with E-state index < -0.39 is 0 Å². The molecule has 1 aromatic rings. The summed E-state index contributed by atoms with van der Waals surface area (Å²) >= 11 is 0. The standard InChI is InChI=1S/C13H23N5O/c1-4-7-18-12(9-15-16-18)10-5-6-14-11(8-10)13(19)17(2)3/h9-11,14H,4-8H2,1-3H3. The van der Waals surface area contributed by atoms with Crippen molar-refractivity contribution in [3.05, 3.63) is 11.9 Å². The minimum absolute atomic E-state index is 0.0845. The van der Waals surface area contributed by atoms with Crippen molar-refractivity contribution in [2.24, 2.45) is 0 Å². The van der Waals surface area contributed by atoms with E-state index in [4.69, 9.17) is 0 Å². The zero-order chi connectivity index (χ0) is 13.8. The third-order valence-electron chi connectivity index (χ3n) is 3.64. The maximum Gasteiger partial charge on any atom is 0.239 e. The molecule has 1 amide bonds. The van der Waals surface area contributed by atoms with E-state index in [-0.39, 0.29) is 11.9 Å². The Morgan fingerprint density at radius 3 is 3.05 bits per heavy atom. The lowest BCUT2D eigenvalue weighted by Crippen LogP contribution is -2.48. The van der Waals surface area contributed by atoms with Gasteiger partial charge in [0.05, 0.1) is 17.9 Å². The lowest BCUT2D eigenvalue weighted by atomic mass is 9.89. The monoisotopic (exact) mass is 265 g/mol. The fourth-order valence-electron chi connectivity index (χ4n) is 2.65. The minimum atomic E-state index is -0.0845. The number of piperidine rings is 1. The molecule has 0 spiro atoms. The van der Waals surface area contributed by atoms with Gasteiger partial charge >= 0.3 is 0 Å². The van der Waals surface area contributed by atoms with Crippen molar-refractivity contribution in [1.29, 1.82) is 0 Å². The maximum absolute atomic E-state index is 12.0. The molecule has 1 saturated heterocycles. The quantitative estimate of drug-likeness (QED) is 0.866. The molecule has 0 aromatic carbocycles. The second-order valence-corrected chi connectivity index (χ2v) is 5.34. The van der Waals surface area contributed by atoms with E-state index >= 15 is 0 Å². The van der Waals surface area contributed by atoms with Gasteiger partial charge in [0.25, 0.3) is 0 Å². The summed E-state index contributed by atoms with van der Waals surface area (Å²) in [7, 11) is 3.60. The van der Waals surface area contributed by atoms with E-state index in [1.54, 1.807) is 19.0 Å². The van der Waals surface area contributed by atoms with Crippen LogP contribution in [0.4, 0.5) is 0 Å². The molecule has 1 N–H and O–H groups in total. The van der Waals surface area contributed by atoms with Crippen LogP contribution in [0.3, 0.4) is 0 Å². The lowest BCUT2D eigenvalue weighted by Gasteiger charge is -2.31. The Morgan fingerprint density at radius 2 is 2.37 bits per heavy atom. The second-order valence-electron chi connectivity index (χ2n) is 5.34.